The molecule has 5 heteroatoms. The van der Waals surface area contributed by atoms with E-state index in [1.807, 2.05) is 42.5 Å². The third kappa shape index (κ3) is 2.13. The van der Waals surface area contributed by atoms with Crippen LogP contribution in [0.3, 0.4) is 0 Å². The number of benzene rings is 1. The summed E-state index contributed by atoms with van der Waals surface area (Å²) in [5.74, 6) is 0. The number of allylic oxidation sites excluding steroid dienone is 2. The largest absolute Gasteiger partial charge is 0.370 e. The Morgan fingerprint density at radius 2 is 1.22 bits per heavy atom. The van der Waals surface area contributed by atoms with E-state index in [4.69, 9.17) is 0 Å². The highest BCUT2D eigenvalue weighted by atomic mass is 15.1. The maximum Gasteiger partial charge on any atom is 0.133 e. The Hall–Kier alpha value is -3.54. The molecule has 0 atom stereocenters. The van der Waals surface area contributed by atoms with Crippen molar-refractivity contribution in [2.45, 2.75) is 12.8 Å². The van der Waals surface area contributed by atoms with Gasteiger partial charge in [-0.3, -0.25) is 0 Å². The summed E-state index contributed by atoms with van der Waals surface area (Å²) in [7, 11) is 0. The van der Waals surface area contributed by atoms with Crippen LogP contribution in [0.1, 0.15) is 24.0 Å². The second-order valence-electron chi connectivity index (χ2n) is 5.34. The Kier molecular flexibility index (Phi) is 3.56. The third-order valence-electron chi connectivity index (χ3n) is 4.32. The Morgan fingerprint density at radius 1 is 0.783 bits per heavy atom. The van der Waals surface area contributed by atoms with Gasteiger partial charge in [0.15, 0.2) is 0 Å². The highest BCUT2D eigenvalue weighted by molar-refractivity contribution is 5.94. The van der Waals surface area contributed by atoms with Crippen LogP contribution < -0.4 is 4.90 Å². The molecule has 1 aromatic rings. The van der Waals surface area contributed by atoms with Gasteiger partial charge in [0.1, 0.15) is 35.4 Å². The fraction of sp³-hybridized carbons (Fsp3) is 0.222. The molecule has 0 N–H and O–H groups in total. The first-order valence-electron chi connectivity index (χ1n) is 7.20. The maximum atomic E-state index is 9.19. The minimum atomic E-state index is 0.134. The summed E-state index contributed by atoms with van der Waals surface area (Å²) in [5.41, 5.74) is 4.42. The van der Waals surface area contributed by atoms with E-state index in [9.17, 15) is 21.0 Å². The first-order chi connectivity index (χ1) is 11.2. The van der Waals surface area contributed by atoms with Crippen LogP contribution in [0, 0.1) is 45.3 Å². The Balaban J connectivity index is 2.33. The molecule has 0 unspecified atom stereocenters. The summed E-state index contributed by atoms with van der Waals surface area (Å²) in [4.78, 5) is 2.20. The quantitative estimate of drug-likeness (QED) is 0.685. The van der Waals surface area contributed by atoms with Crippen molar-refractivity contribution in [2.75, 3.05) is 18.0 Å². The standard InChI is InChI=1S/C18H11N5/c19-8-12(9-20)14-4-6-23-7-5-15(13(10-21)11-22)17-3-1-2-16(14)18(17)23/h1-3H,4-7H2. The van der Waals surface area contributed by atoms with E-state index in [0.717, 1.165) is 41.1 Å². The number of para-hydroxylation sites is 1. The lowest BCUT2D eigenvalue weighted by molar-refractivity contribution is 0.764. The fourth-order valence-corrected chi connectivity index (χ4v) is 3.31. The van der Waals surface area contributed by atoms with E-state index >= 15 is 0 Å². The zero-order valence-corrected chi connectivity index (χ0v) is 12.3. The molecule has 0 amide bonds. The van der Waals surface area contributed by atoms with E-state index < -0.39 is 0 Å². The zero-order chi connectivity index (χ0) is 16.4. The number of anilines is 1. The van der Waals surface area contributed by atoms with Crippen LogP contribution in [0.25, 0.3) is 11.1 Å². The Morgan fingerprint density at radius 3 is 1.61 bits per heavy atom. The number of rotatable bonds is 0. The predicted octanol–water partition coefficient (Wildman–Crippen LogP) is 2.90. The molecule has 5 nitrogen and oxygen atoms in total. The molecule has 0 aromatic heterocycles. The lowest BCUT2D eigenvalue weighted by Crippen LogP contribution is -2.34. The zero-order valence-electron chi connectivity index (χ0n) is 12.3. The van der Waals surface area contributed by atoms with Crippen molar-refractivity contribution in [3.8, 4) is 24.3 Å². The van der Waals surface area contributed by atoms with Gasteiger partial charge < -0.3 is 4.90 Å². The normalized spacial score (nSPS) is 14.7. The smallest absolute Gasteiger partial charge is 0.133 e. The van der Waals surface area contributed by atoms with Crippen LogP contribution in [0.2, 0.25) is 0 Å². The lowest BCUT2D eigenvalue weighted by Gasteiger charge is -2.38. The van der Waals surface area contributed by atoms with Gasteiger partial charge in [-0.1, -0.05) is 18.2 Å². The summed E-state index contributed by atoms with van der Waals surface area (Å²) >= 11 is 0. The number of nitrogens with zero attached hydrogens (tertiary/aromatic N) is 5. The van der Waals surface area contributed by atoms with Crippen LogP contribution in [-0.4, -0.2) is 13.1 Å². The molecule has 0 radical (unpaired) electrons. The molecule has 2 heterocycles. The van der Waals surface area contributed by atoms with Gasteiger partial charge >= 0.3 is 0 Å². The second-order valence-corrected chi connectivity index (χ2v) is 5.34. The van der Waals surface area contributed by atoms with Crippen LogP contribution in [0.5, 0.6) is 0 Å². The molecule has 2 aliphatic rings. The maximum absolute atomic E-state index is 9.19. The molecule has 3 rings (SSSR count). The molecule has 0 fully saturated rings. The molecule has 0 spiro atoms. The van der Waals surface area contributed by atoms with Crippen molar-refractivity contribution in [3.63, 3.8) is 0 Å². The molecule has 0 saturated heterocycles. The SMILES string of the molecule is N#CC(C#N)=C1CCN2CCC(=C(C#N)C#N)c3cccc1c32. The van der Waals surface area contributed by atoms with Crippen molar-refractivity contribution in [1.82, 2.24) is 0 Å². The molecule has 23 heavy (non-hydrogen) atoms. The van der Waals surface area contributed by atoms with E-state index in [2.05, 4.69) is 4.90 Å². The number of nitriles is 4. The van der Waals surface area contributed by atoms with Crippen molar-refractivity contribution in [3.05, 3.63) is 40.5 Å². The van der Waals surface area contributed by atoms with E-state index in [0.29, 0.717) is 12.8 Å². The summed E-state index contributed by atoms with van der Waals surface area (Å²) in [6.45, 7) is 1.46. The topological polar surface area (TPSA) is 98.4 Å². The number of hydrogen-bond acceptors (Lipinski definition) is 5. The Labute approximate surface area is 134 Å². The molecule has 0 saturated carbocycles. The van der Waals surface area contributed by atoms with Gasteiger partial charge in [-0.15, -0.1) is 0 Å². The third-order valence-corrected chi connectivity index (χ3v) is 4.32. The average molecular weight is 297 g/mol. The van der Waals surface area contributed by atoms with Crippen molar-refractivity contribution in [1.29, 1.82) is 21.0 Å². The minimum absolute atomic E-state index is 0.134. The van der Waals surface area contributed by atoms with Crippen molar-refractivity contribution < 1.29 is 0 Å². The molecular weight excluding hydrogens is 286 g/mol. The summed E-state index contributed by atoms with van der Waals surface area (Å²) in [6, 6.07) is 13.5. The van der Waals surface area contributed by atoms with Gasteiger partial charge in [-0.25, -0.2) is 0 Å². The van der Waals surface area contributed by atoms with Crippen molar-refractivity contribution in [2.24, 2.45) is 0 Å². The summed E-state index contributed by atoms with van der Waals surface area (Å²) < 4.78 is 0. The van der Waals surface area contributed by atoms with Crippen LogP contribution in [-0.2, 0) is 0 Å². The minimum Gasteiger partial charge on any atom is -0.370 e. The van der Waals surface area contributed by atoms with Gasteiger partial charge in [0, 0.05) is 24.2 Å². The van der Waals surface area contributed by atoms with Gasteiger partial charge in [0.05, 0.1) is 5.69 Å². The fourth-order valence-electron chi connectivity index (χ4n) is 3.31. The van der Waals surface area contributed by atoms with Crippen LogP contribution in [0.15, 0.2) is 29.3 Å². The van der Waals surface area contributed by atoms with Gasteiger partial charge in [-0.05, 0) is 24.0 Å². The molecule has 2 aliphatic heterocycles. The molecule has 0 bridgehead atoms. The van der Waals surface area contributed by atoms with Crippen LogP contribution in [0.4, 0.5) is 5.69 Å². The summed E-state index contributed by atoms with van der Waals surface area (Å²) in [5, 5.41) is 36.7. The first kappa shape index (κ1) is 14.4. The van der Waals surface area contributed by atoms with E-state index in [1.165, 1.54) is 0 Å². The molecule has 0 aliphatic carbocycles. The van der Waals surface area contributed by atoms with Crippen molar-refractivity contribution >= 4 is 16.8 Å². The van der Waals surface area contributed by atoms with E-state index in [-0.39, 0.29) is 11.1 Å². The molecule has 108 valence electrons. The Bertz CT molecular complexity index is 818. The highest BCUT2D eigenvalue weighted by Crippen LogP contribution is 2.45. The highest BCUT2D eigenvalue weighted by Gasteiger charge is 2.30. The first-order valence-corrected chi connectivity index (χ1v) is 7.20. The predicted molar refractivity (Wildman–Crippen MR) is 84.2 cm³/mol. The van der Waals surface area contributed by atoms with Gasteiger partial charge in [0.2, 0.25) is 0 Å². The average Bonchev–Trinajstić information content (AvgIpc) is 2.60. The molecular formula is C18H11N5. The van der Waals surface area contributed by atoms with Gasteiger partial charge in [-0.2, -0.15) is 21.0 Å². The monoisotopic (exact) mass is 297 g/mol. The van der Waals surface area contributed by atoms with Crippen LogP contribution >= 0.6 is 0 Å². The lowest BCUT2D eigenvalue weighted by atomic mass is 9.84. The summed E-state index contributed by atoms with van der Waals surface area (Å²) in [6.07, 6.45) is 1.30. The number of hydrogen-bond donors (Lipinski definition) is 0. The van der Waals surface area contributed by atoms with E-state index in [1.54, 1.807) is 0 Å². The second kappa shape index (κ2) is 5.69. The van der Waals surface area contributed by atoms with Gasteiger partial charge in [0.25, 0.3) is 0 Å². The molecule has 1 aromatic carbocycles.